The minimum atomic E-state index is -0.352. The van der Waals surface area contributed by atoms with Crippen LogP contribution in [0.15, 0.2) is 54.7 Å². The predicted molar refractivity (Wildman–Crippen MR) is 105 cm³/mol. The highest BCUT2D eigenvalue weighted by atomic mass is 19.1. The van der Waals surface area contributed by atoms with Crippen LogP contribution in [0.25, 0.3) is 16.8 Å². The molecule has 0 saturated carbocycles. The molecule has 2 aromatic carbocycles. The second-order valence-electron chi connectivity index (χ2n) is 6.44. The van der Waals surface area contributed by atoms with Gasteiger partial charge in [0.2, 0.25) is 0 Å². The van der Waals surface area contributed by atoms with E-state index in [4.69, 9.17) is 0 Å². The SMILES string of the molecule is CCc1ccc(NC(=O)c2nnc3c(-c4ccc(F)cc4)cnn3c2C)cc1. The van der Waals surface area contributed by atoms with Crippen molar-refractivity contribution in [1.82, 2.24) is 19.8 Å². The number of amides is 1. The van der Waals surface area contributed by atoms with Gasteiger partial charge in [-0.3, -0.25) is 4.79 Å². The maximum atomic E-state index is 13.2. The van der Waals surface area contributed by atoms with Gasteiger partial charge in [-0.15, -0.1) is 10.2 Å². The fourth-order valence-corrected chi connectivity index (χ4v) is 3.01. The Hall–Kier alpha value is -3.61. The average molecular weight is 375 g/mol. The Morgan fingerprint density at radius 3 is 2.46 bits per heavy atom. The molecule has 0 spiro atoms. The molecule has 0 aliphatic heterocycles. The minimum absolute atomic E-state index is 0.195. The molecule has 4 rings (SSSR count). The average Bonchev–Trinajstić information content (AvgIpc) is 3.14. The summed E-state index contributed by atoms with van der Waals surface area (Å²) in [6, 6.07) is 13.7. The molecule has 0 bridgehead atoms. The molecule has 7 heteroatoms. The van der Waals surface area contributed by atoms with E-state index in [1.165, 1.54) is 17.7 Å². The van der Waals surface area contributed by atoms with Crippen molar-refractivity contribution in [3.63, 3.8) is 0 Å². The van der Waals surface area contributed by atoms with Crippen LogP contribution in [0.2, 0.25) is 0 Å². The van der Waals surface area contributed by atoms with Crippen LogP contribution in [0.4, 0.5) is 10.1 Å². The van der Waals surface area contributed by atoms with Gasteiger partial charge < -0.3 is 5.32 Å². The van der Waals surface area contributed by atoms with Crippen LogP contribution < -0.4 is 5.32 Å². The molecule has 0 saturated heterocycles. The molecular formula is C21H18FN5O. The van der Waals surface area contributed by atoms with Gasteiger partial charge in [-0.25, -0.2) is 8.91 Å². The molecule has 4 aromatic rings. The van der Waals surface area contributed by atoms with Gasteiger partial charge in [0.25, 0.3) is 5.91 Å². The summed E-state index contributed by atoms with van der Waals surface area (Å²) in [7, 11) is 0. The minimum Gasteiger partial charge on any atom is -0.321 e. The monoisotopic (exact) mass is 375 g/mol. The second kappa shape index (κ2) is 7.19. The van der Waals surface area contributed by atoms with Gasteiger partial charge in [0.15, 0.2) is 11.3 Å². The quantitative estimate of drug-likeness (QED) is 0.584. The number of aromatic nitrogens is 4. The number of hydrogen-bond donors (Lipinski definition) is 1. The van der Waals surface area contributed by atoms with E-state index in [0.717, 1.165) is 17.5 Å². The van der Waals surface area contributed by atoms with Crippen LogP contribution in [0.3, 0.4) is 0 Å². The van der Waals surface area contributed by atoms with Crippen LogP contribution >= 0.6 is 0 Å². The van der Waals surface area contributed by atoms with Crippen molar-refractivity contribution < 1.29 is 9.18 Å². The fourth-order valence-electron chi connectivity index (χ4n) is 3.01. The molecule has 0 fully saturated rings. The first kappa shape index (κ1) is 17.8. The van der Waals surface area contributed by atoms with Crippen LogP contribution in [-0.4, -0.2) is 25.7 Å². The molecular weight excluding hydrogens is 357 g/mol. The maximum absolute atomic E-state index is 13.2. The highest BCUT2D eigenvalue weighted by molar-refractivity contribution is 6.03. The topological polar surface area (TPSA) is 72.2 Å². The molecule has 6 nitrogen and oxygen atoms in total. The Kier molecular flexibility index (Phi) is 4.57. The lowest BCUT2D eigenvalue weighted by Gasteiger charge is -2.08. The summed E-state index contributed by atoms with van der Waals surface area (Å²) in [4.78, 5) is 12.7. The van der Waals surface area contributed by atoms with Gasteiger partial charge >= 0.3 is 0 Å². The number of hydrogen-bond acceptors (Lipinski definition) is 4. The summed E-state index contributed by atoms with van der Waals surface area (Å²) in [5.41, 5.74) is 4.65. The van der Waals surface area contributed by atoms with E-state index < -0.39 is 0 Å². The number of rotatable bonds is 4. The highest BCUT2D eigenvalue weighted by Gasteiger charge is 2.18. The third-order valence-corrected chi connectivity index (χ3v) is 4.64. The zero-order chi connectivity index (χ0) is 19.7. The van der Waals surface area contributed by atoms with Crippen molar-refractivity contribution in [3.05, 3.63) is 77.5 Å². The Bertz CT molecular complexity index is 1150. The van der Waals surface area contributed by atoms with E-state index in [1.54, 1.807) is 29.8 Å². The van der Waals surface area contributed by atoms with Gasteiger partial charge in [0, 0.05) is 11.3 Å². The van der Waals surface area contributed by atoms with E-state index in [0.29, 0.717) is 17.0 Å². The smallest absolute Gasteiger partial charge is 0.278 e. The number of anilines is 1. The molecule has 28 heavy (non-hydrogen) atoms. The number of carbonyl (C=O) groups is 1. The summed E-state index contributed by atoms with van der Waals surface area (Å²) < 4.78 is 14.7. The highest BCUT2D eigenvalue weighted by Crippen LogP contribution is 2.24. The molecule has 1 amide bonds. The molecule has 0 unspecified atom stereocenters. The van der Waals surface area contributed by atoms with Crippen LogP contribution in [0, 0.1) is 12.7 Å². The second-order valence-corrected chi connectivity index (χ2v) is 6.44. The molecule has 0 atom stereocenters. The normalized spacial score (nSPS) is 11.0. The first-order valence-electron chi connectivity index (χ1n) is 8.94. The van der Waals surface area contributed by atoms with Gasteiger partial charge in [-0.2, -0.15) is 5.10 Å². The van der Waals surface area contributed by atoms with Crippen LogP contribution in [-0.2, 0) is 6.42 Å². The molecule has 0 radical (unpaired) electrons. The van der Waals surface area contributed by atoms with E-state index >= 15 is 0 Å². The van der Waals surface area contributed by atoms with E-state index in [-0.39, 0.29) is 17.4 Å². The largest absolute Gasteiger partial charge is 0.321 e. The maximum Gasteiger partial charge on any atom is 0.278 e. The van der Waals surface area contributed by atoms with Gasteiger partial charge in [0.1, 0.15) is 5.82 Å². The third kappa shape index (κ3) is 3.22. The number of halogens is 1. The Balaban J connectivity index is 1.66. The van der Waals surface area contributed by atoms with Crippen molar-refractivity contribution in [1.29, 1.82) is 0 Å². The fraction of sp³-hybridized carbons (Fsp3) is 0.143. The number of carbonyl (C=O) groups excluding carboxylic acids is 1. The zero-order valence-electron chi connectivity index (χ0n) is 15.5. The molecule has 0 aliphatic carbocycles. The van der Waals surface area contributed by atoms with E-state index in [9.17, 15) is 9.18 Å². The number of nitrogens with one attached hydrogen (secondary N) is 1. The molecule has 1 N–H and O–H groups in total. The van der Waals surface area contributed by atoms with E-state index in [2.05, 4.69) is 27.5 Å². The van der Waals surface area contributed by atoms with Crippen molar-refractivity contribution in [2.75, 3.05) is 5.32 Å². The summed E-state index contributed by atoms with van der Waals surface area (Å²) in [5.74, 6) is -0.664. The first-order chi connectivity index (χ1) is 13.6. The molecule has 140 valence electrons. The van der Waals surface area contributed by atoms with Crippen molar-refractivity contribution >= 4 is 17.2 Å². The molecule has 2 aromatic heterocycles. The number of benzene rings is 2. The summed E-state index contributed by atoms with van der Waals surface area (Å²) in [6.45, 7) is 3.84. The van der Waals surface area contributed by atoms with Gasteiger partial charge in [-0.1, -0.05) is 31.2 Å². The Morgan fingerprint density at radius 2 is 1.79 bits per heavy atom. The van der Waals surface area contributed by atoms with Crippen molar-refractivity contribution in [3.8, 4) is 11.1 Å². The van der Waals surface area contributed by atoms with Crippen molar-refractivity contribution in [2.45, 2.75) is 20.3 Å². The molecule has 0 aliphatic rings. The predicted octanol–water partition coefficient (Wildman–Crippen LogP) is 4.05. The third-order valence-electron chi connectivity index (χ3n) is 4.64. The Morgan fingerprint density at radius 1 is 1.07 bits per heavy atom. The zero-order valence-corrected chi connectivity index (χ0v) is 15.5. The van der Waals surface area contributed by atoms with Gasteiger partial charge in [0.05, 0.1) is 11.9 Å². The summed E-state index contributed by atoms with van der Waals surface area (Å²) in [6.07, 6.45) is 2.57. The standard InChI is InChI=1S/C21H18FN5O/c1-3-14-4-10-17(11-5-14)24-21(28)19-13(2)27-20(26-25-19)18(12-23-27)15-6-8-16(22)9-7-15/h4-12H,3H2,1-2H3,(H,24,28). The number of aryl methyl sites for hydroxylation is 2. The van der Waals surface area contributed by atoms with Crippen LogP contribution in [0.1, 0.15) is 28.7 Å². The Labute approximate surface area is 161 Å². The van der Waals surface area contributed by atoms with Gasteiger partial charge in [-0.05, 0) is 48.7 Å². The lowest BCUT2D eigenvalue weighted by molar-refractivity contribution is 0.102. The first-order valence-corrected chi connectivity index (χ1v) is 8.94. The summed E-state index contributed by atoms with van der Waals surface area (Å²) >= 11 is 0. The lowest BCUT2D eigenvalue weighted by atomic mass is 10.1. The van der Waals surface area contributed by atoms with Crippen LogP contribution in [0.5, 0.6) is 0 Å². The molecule has 2 heterocycles. The van der Waals surface area contributed by atoms with Crippen molar-refractivity contribution in [2.24, 2.45) is 0 Å². The number of fused-ring (bicyclic) bond motifs is 1. The lowest BCUT2D eigenvalue weighted by Crippen LogP contribution is -2.18. The van der Waals surface area contributed by atoms with E-state index in [1.807, 2.05) is 24.3 Å². The summed E-state index contributed by atoms with van der Waals surface area (Å²) in [5, 5.41) is 15.5. The number of nitrogens with zero attached hydrogens (tertiary/aromatic N) is 4.